The van der Waals surface area contributed by atoms with Crippen LogP contribution in [0.2, 0.25) is 0 Å². The Morgan fingerprint density at radius 2 is 2.03 bits per heavy atom. The molecule has 3 heterocycles. The fourth-order valence-electron chi connectivity index (χ4n) is 2.84. The number of nitrogens with zero attached hydrogens (tertiary/aromatic N) is 3. The lowest BCUT2D eigenvalue weighted by molar-refractivity contribution is 0.102. The molecule has 0 fully saturated rings. The lowest BCUT2D eigenvalue weighted by Crippen LogP contribution is -2.13. The number of nitrogens with one attached hydrogen (secondary N) is 1. The number of hydrogen-bond donors (Lipinski definition) is 2. The van der Waals surface area contributed by atoms with Crippen molar-refractivity contribution in [3.63, 3.8) is 0 Å². The van der Waals surface area contributed by atoms with Crippen LogP contribution in [0.1, 0.15) is 35.5 Å². The minimum atomic E-state index is -0.752. The first-order chi connectivity index (χ1) is 14.0. The van der Waals surface area contributed by atoms with E-state index in [-0.39, 0.29) is 11.4 Å². The molecule has 1 amide bonds. The number of benzene rings is 1. The highest BCUT2D eigenvalue weighted by Gasteiger charge is 2.15. The van der Waals surface area contributed by atoms with Crippen LogP contribution in [0.15, 0.2) is 54.9 Å². The second-order valence-corrected chi connectivity index (χ2v) is 7.43. The van der Waals surface area contributed by atoms with Crippen molar-refractivity contribution in [2.24, 2.45) is 0 Å². The summed E-state index contributed by atoms with van der Waals surface area (Å²) in [5, 5.41) is 13.0. The van der Waals surface area contributed by atoms with Gasteiger partial charge in [0.05, 0.1) is 16.3 Å². The van der Waals surface area contributed by atoms with Gasteiger partial charge in [-0.05, 0) is 36.8 Å². The number of carbonyl (C=O) groups excluding carboxylic acids is 1. The molecule has 0 aliphatic heterocycles. The van der Waals surface area contributed by atoms with Gasteiger partial charge in [0.25, 0.3) is 5.91 Å². The molecule has 8 heteroatoms. The Labute approximate surface area is 170 Å². The number of aromatic nitrogens is 3. The topological polar surface area (TPSA) is 88.0 Å². The molecule has 0 spiro atoms. The Hall–Kier alpha value is -3.23. The van der Waals surface area contributed by atoms with Crippen LogP contribution in [0.5, 0.6) is 0 Å². The molecule has 4 rings (SSSR count). The van der Waals surface area contributed by atoms with Crippen molar-refractivity contribution < 1.29 is 14.3 Å². The SMILES string of the molecule is CCC(O)c1cnc(-c2ccc(C(=O)Nc3nc4ccccc4s3)nc2)c(F)c1. The van der Waals surface area contributed by atoms with Gasteiger partial charge in [-0.25, -0.2) is 9.37 Å². The van der Waals surface area contributed by atoms with Crippen LogP contribution in [0.25, 0.3) is 21.5 Å². The molecule has 0 aliphatic carbocycles. The van der Waals surface area contributed by atoms with E-state index in [1.807, 2.05) is 24.3 Å². The zero-order valence-electron chi connectivity index (χ0n) is 15.5. The highest BCUT2D eigenvalue weighted by molar-refractivity contribution is 7.22. The summed E-state index contributed by atoms with van der Waals surface area (Å²) in [6.45, 7) is 1.80. The summed E-state index contributed by atoms with van der Waals surface area (Å²) in [7, 11) is 0. The molecule has 0 saturated heterocycles. The highest BCUT2D eigenvalue weighted by Crippen LogP contribution is 2.26. The van der Waals surface area contributed by atoms with E-state index in [1.165, 1.54) is 35.9 Å². The van der Waals surface area contributed by atoms with E-state index >= 15 is 0 Å². The summed E-state index contributed by atoms with van der Waals surface area (Å²) in [5.41, 5.74) is 1.98. The van der Waals surface area contributed by atoms with E-state index in [1.54, 1.807) is 13.0 Å². The Kier molecular flexibility index (Phi) is 5.28. The first kappa shape index (κ1) is 19.1. The fraction of sp³-hybridized carbons (Fsp3) is 0.143. The second-order valence-electron chi connectivity index (χ2n) is 6.40. The number of amides is 1. The predicted octanol–water partition coefficient (Wildman–Crippen LogP) is 4.59. The van der Waals surface area contributed by atoms with Gasteiger partial charge in [0.2, 0.25) is 0 Å². The minimum absolute atomic E-state index is 0.114. The van der Waals surface area contributed by atoms with Crippen molar-refractivity contribution in [2.45, 2.75) is 19.4 Å². The quantitative estimate of drug-likeness (QED) is 0.504. The minimum Gasteiger partial charge on any atom is -0.388 e. The monoisotopic (exact) mass is 408 g/mol. The van der Waals surface area contributed by atoms with Crippen molar-refractivity contribution in [1.82, 2.24) is 15.0 Å². The van der Waals surface area contributed by atoms with E-state index < -0.39 is 17.8 Å². The number of carbonyl (C=O) groups is 1. The Morgan fingerprint density at radius 3 is 2.72 bits per heavy atom. The zero-order valence-corrected chi connectivity index (χ0v) is 16.3. The summed E-state index contributed by atoms with van der Waals surface area (Å²) in [5.74, 6) is -0.950. The van der Waals surface area contributed by atoms with Gasteiger partial charge in [-0.3, -0.25) is 20.1 Å². The lowest BCUT2D eigenvalue weighted by atomic mass is 10.1. The predicted molar refractivity (Wildman–Crippen MR) is 110 cm³/mol. The van der Waals surface area contributed by atoms with Crippen molar-refractivity contribution in [3.05, 3.63) is 71.9 Å². The Balaban J connectivity index is 1.52. The van der Waals surface area contributed by atoms with E-state index in [0.29, 0.717) is 22.7 Å². The van der Waals surface area contributed by atoms with Gasteiger partial charge in [0, 0.05) is 23.5 Å². The van der Waals surface area contributed by atoms with Gasteiger partial charge in [-0.15, -0.1) is 0 Å². The van der Waals surface area contributed by atoms with Gasteiger partial charge in [0.1, 0.15) is 17.2 Å². The maximum atomic E-state index is 14.4. The number of aliphatic hydroxyl groups is 1. The third-order valence-electron chi connectivity index (χ3n) is 4.42. The number of thiazole rings is 1. The number of hydrogen-bond acceptors (Lipinski definition) is 6. The highest BCUT2D eigenvalue weighted by atomic mass is 32.1. The molecule has 0 saturated carbocycles. The number of rotatable bonds is 5. The number of pyridine rings is 2. The number of fused-ring (bicyclic) bond motifs is 1. The third-order valence-corrected chi connectivity index (χ3v) is 5.37. The molecule has 2 N–H and O–H groups in total. The molecule has 4 aromatic rings. The number of aliphatic hydroxyl groups excluding tert-OH is 1. The normalized spacial score (nSPS) is 12.1. The summed E-state index contributed by atoms with van der Waals surface area (Å²) in [6, 6.07) is 12.0. The molecule has 1 unspecified atom stereocenters. The average molecular weight is 408 g/mol. The zero-order chi connectivity index (χ0) is 20.4. The molecular formula is C21H17FN4O2S. The van der Waals surface area contributed by atoms with Crippen molar-refractivity contribution in [3.8, 4) is 11.3 Å². The molecule has 1 atom stereocenters. The fourth-order valence-corrected chi connectivity index (χ4v) is 3.70. The first-order valence-corrected chi connectivity index (χ1v) is 9.83. The van der Waals surface area contributed by atoms with Gasteiger partial charge in [-0.1, -0.05) is 30.4 Å². The molecule has 0 radical (unpaired) electrons. The van der Waals surface area contributed by atoms with Crippen LogP contribution in [0.3, 0.4) is 0 Å². The molecule has 1 aromatic carbocycles. The molecule has 3 aromatic heterocycles. The maximum absolute atomic E-state index is 14.4. The number of anilines is 1. The number of halogens is 1. The smallest absolute Gasteiger partial charge is 0.276 e. The van der Waals surface area contributed by atoms with E-state index in [4.69, 9.17) is 0 Å². The standard InChI is InChI=1S/C21H17FN4O2S/c1-2-17(27)13-9-14(22)19(24-11-13)12-7-8-16(23-10-12)20(28)26-21-25-15-5-3-4-6-18(15)29-21/h3-11,17,27H,2H2,1H3,(H,25,26,28). The average Bonchev–Trinajstić information content (AvgIpc) is 3.15. The van der Waals surface area contributed by atoms with Gasteiger partial charge < -0.3 is 5.11 Å². The van der Waals surface area contributed by atoms with Crippen LogP contribution in [-0.2, 0) is 0 Å². The maximum Gasteiger partial charge on any atom is 0.276 e. The Morgan fingerprint density at radius 1 is 1.21 bits per heavy atom. The van der Waals surface area contributed by atoms with Crippen LogP contribution >= 0.6 is 11.3 Å². The second kappa shape index (κ2) is 8.02. The number of para-hydroxylation sites is 1. The summed E-state index contributed by atoms with van der Waals surface area (Å²) >= 11 is 1.38. The van der Waals surface area contributed by atoms with Gasteiger partial charge in [0.15, 0.2) is 5.13 Å². The molecule has 29 heavy (non-hydrogen) atoms. The van der Waals surface area contributed by atoms with Crippen LogP contribution in [-0.4, -0.2) is 26.0 Å². The Bertz CT molecular complexity index is 1140. The molecule has 6 nitrogen and oxygen atoms in total. The lowest BCUT2D eigenvalue weighted by Gasteiger charge is -2.10. The molecule has 0 aliphatic rings. The third kappa shape index (κ3) is 3.98. The van der Waals surface area contributed by atoms with E-state index in [0.717, 1.165) is 10.2 Å². The summed E-state index contributed by atoms with van der Waals surface area (Å²) < 4.78 is 15.4. The van der Waals surface area contributed by atoms with Crippen molar-refractivity contribution >= 4 is 32.6 Å². The van der Waals surface area contributed by atoms with Crippen molar-refractivity contribution in [1.29, 1.82) is 0 Å². The van der Waals surface area contributed by atoms with E-state index in [2.05, 4.69) is 20.3 Å². The van der Waals surface area contributed by atoms with Gasteiger partial charge >= 0.3 is 0 Å². The van der Waals surface area contributed by atoms with E-state index in [9.17, 15) is 14.3 Å². The van der Waals surface area contributed by atoms with Crippen molar-refractivity contribution in [2.75, 3.05) is 5.32 Å². The summed E-state index contributed by atoms with van der Waals surface area (Å²) in [4.78, 5) is 25.0. The molecular weight excluding hydrogens is 391 g/mol. The van der Waals surface area contributed by atoms with Crippen LogP contribution < -0.4 is 5.32 Å². The molecule has 0 bridgehead atoms. The van der Waals surface area contributed by atoms with Gasteiger partial charge in [-0.2, -0.15) is 0 Å². The summed E-state index contributed by atoms with van der Waals surface area (Å²) in [6.07, 6.45) is 2.56. The molecule has 146 valence electrons. The van der Waals surface area contributed by atoms with Crippen LogP contribution in [0.4, 0.5) is 9.52 Å². The first-order valence-electron chi connectivity index (χ1n) is 9.02. The largest absolute Gasteiger partial charge is 0.388 e. The van der Waals surface area contributed by atoms with Crippen LogP contribution in [0, 0.1) is 5.82 Å².